The van der Waals surface area contributed by atoms with Gasteiger partial charge in [-0.3, -0.25) is 14.7 Å². The van der Waals surface area contributed by atoms with Crippen molar-refractivity contribution >= 4 is 31.4 Å². The average Bonchev–Trinajstić information content (AvgIpc) is 3.06. The number of carbonyl (C=O) groups is 2. The summed E-state index contributed by atoms with van der Waals surface area (Å²) < 4.78 is 25.0. The third-order valence-corrected chi connectivity index (χ3v) is 10.2. The molecule has 8 nitrogen and oxygen atoms in total. The van der Waals surface area contributed by atoms with E-state index in [1.807, 2.05) is 86.6 Å². The zero-order valence-corrected chi connectivity index (χ0v) is 27.5. The Kier molecular flexibility index (Phi) is 13.7. The lowest BCUT2D eigenvalue weighted by Crippen LogP contribution is -2.40. The van der Waals surface area contributed by atoms with Crippen LogP contribution < -0.4 is 10.2 Å². The van der Waals surface area contributed by atoms with Crippen molar-refractivity contribution in [1.29, 1.82) is 0 Å². The normalized spacial score (nSPS) is 15.5. The molecule has 1 aliphatic rings. The van der Waals surface area contributed by atoms with Gasteiger partial charge in [-0.15, -0.1) is 0 Å². The predicted octanol–water partition coefficient (Wildman–Crippen LogP) is 8.27. The summed E-state index contributed by atoms with van der Waals surface area (Å²) >= 11 is 0. The fraction of sp³-hybridized carbons (Fsp3) is 0.444. The summed E-state index contributed by atoms with van der Waals surface area (Å²) in [6.45, 7) is 4.16. The number of nitrogens with one attached hydrogen (secondary N) is 1. The van der Waals surface area contributed by atoms with E-state index < -0.39 is 20.2 Å². The first-order chi connectivity index (χ1) is 21.9. The number of amides is 2. The minimum Gasteiger partial charge on any atom is -0.444 e. The molecule has 3 atom stereocenters. The number of hydrogen-bond acceptors (Lipinski definition) is 6. The first-order valence-electron chi connectivity index (χ1n) is 16.1. The van der Waals surface area contributed by atoms with E-state index in [-0.39, 0.29) is 50.1 Å². The molecule has 3 unspecified atom stereocenters. The number of ether oxygens (including phenoxy) is 1. The van der Waals surface area contributed by atoms with Gasteiger partial charge in [-0.25, -0.2) is 4.79 Å². The van der Waals surface area contributed by atoms with Crippen molar-refractivity contribution in [3.63, 3.8) is 0 Å². The van der Waals surface area contributed by atoms with Crippen molar-refractivity contribution in [3.8, 4) is 0 Å². The molecule has 2 amide bonds. The summed E-state index contributed by atoms with van der Waals surface area (Å²) in [4.78, 5) is 27.9. The summed E-state index contributed by atoms with van der Waals surface area (Å²) in [7, 11) is -2.50. The molecule has 0 bridgehead atoms. The summed E-state index contributed by atoms with van der Waals surface area (Å²) in [5.41, 5.74) is 3.23. The lowest BCUT2D eigenvalue weighted by atomic mass is 9.85. The lowest BCUT2D eigenvalue weighted by Gasteiger charge is -2.33. The number of benzene rings is 3. The second-order valence-corrected chi connectivity index (χ2v) is 13.6. The van der Waals surface area contributed by atoms with Gasteiger partial charge >= 0.3 is 6.09 Å². The van der Waals surface area contributed by atoms with Gasteiger partial charge in [0.2, 0.25) is 5.91 Å². The Balaban J connectivity index is 1.50. The molecule has 0 spiro atoms. The van der Waals surface area contributed by atoms with Gasteiger partial charge in [0, 0.05) is 12.1 Å². The summed E-state index contributed by atoms with van der Waals surface area (Å²) in [6.07, 6.45) is 4.82. The van der Waals surface area contributed by atoms with Gasteiger partial charge in [-0.1, -0.05) is 99.0 Å². The Bertz CT molecular complexity index is 1380. The fourth-order valence-electron chi connectivity index (χ4n) is 6.02. The molecule has 3 aromatic rings. The monoisotopic (exact) mass is 634 g/mol. The first-order valence-corrected chi connectivity index (χ1v) is 17.5. The van der Waals surface area contributed by atoms with Gasteiger partial charge in [0.1, 0.15) is 6.61 Å². The van der Waals surface area contributed by atoms with Crippen LogP contribution in [0.3, 0.4) is 0 Å². The fourth-order valence-corrected chi connectivity index (χ4v) is 7.72. The molecule has 4 rings (SSSR count). The van der Waals surface area contributed by atoms with E-state index in [1.54, 1.807) is 11.0 Å². The third kappa shape index (κ3) is 10.6. The molecule has 0 radical (unpaired) electrons. The Morgan fingerprint density at radius 3 is 2.22 bits per heavy atom. The van der Waals surface area contributed by atoms with Crippen LogP contribution in [0.4, 0.5) is 16.2 Å². The van der Waals surface area contributed by atoms with E-state index in [0.29, 0.717) is 17.8 Å². The number of para-hydroxylation sites is 1. The van der Waals surface area contributed by atoms with E-state index in [9.17, 15) is 19.3 Å². The number of aliphatic hydroxyl groups excluding tert-OH is 1. The van der Waals surface area contributed by atoms with Gasteiger partial charge in [-0.05, 0) is 61.3 Å². The Morgan fingerprint density at radius 1 is 0.933 bits per heavy atom. The van der Waals surface area contributed by atoms with Crippen LogP contribution in [0.1, 0.15) is 75.0 Å². The minimum absolute atomic E-state index is 0.00703. The van der Waals surface area contributed by atoms with Gasteiger partial charge in [-0.2, -0.15) is 0 Å². The lowest BCUT2D eigenvalue weighted by molar-refractivity contribution is -0.119. The maximum Gasteiger partial charge on any atom is 0.412 e. The average molecular weight is 635 g/mol. The van der Waals surface area contributed by atoms with Crippen LogP contribution in [0.2, 0.25) is 0 Å². The van der Waals surface area contributed by atoms with Crippen molar-refractivity contribution < 1.29 is 28.5 Å². The number of rotatable bonds is 15. The maximum absolute atomic E-state index is 13.6. The second kappa shape index (κ2) is 17.9. The molecule has 0 aliphatic heterocycles. The molecule has 3 aromatic carbocycles. The number of aryl methyl sites for hydroxylation is 1. The number of anilines is 2. The molecule has 242 valence electrons. The number of hydrogen-bond donors (Lipinski definition) is 2. The molecule has 0 aromatic heterocycles. The molecule has 9 heteroatoms. The summed E-state index contributed by atoms with van der Waals surface area (Å²) in [6, 6.07) is 24.5. The van der Waals surface area contributed by atoms with Crippen molar-refractivity contribution in [1.82, 2.24) is 0 Å². The van der Waals surface area contributed by atoms with Gasteiger partial charge < -0.3 is 19.3 Å². The van der Waals surface area contributed by atoms with E-state index in [2.05, 4.69) is 5.32 Å². The van der Waals surface area contributed by atoms with Crippen molar-refractivity contribution in [2.24, 2.45) is 5.92 Å². The molecular formula is C36H47N2O6P. The standard InChI is InChI=1S/C36H47N2O6P/c1-3-14-34(40)38(32-22-13-15-27(2)35(32)37-36(41)43-25-28-16-7-4-8-17-28)24-31(39)23-33(30-20-11-6-12-21-30)45(42)44-26-29-18-9-5-10-19-29/h4-5,7-10,13,15-19,22,30-31,33,39,45H,3,6,11-12,14,20-21,23-26H2,1-2H3,(H,37,41). The highest BCUT2D eigenvalue weighted by Gasteiger charge is 2.32. The molecule has 0 saturated heterocycles. The smallest absolute Gasteiger partial charge is 0.412 e. The molecule has 1 aliphatic carbocycles. The minimum atomic E-state index is -2.50. The maximum atomic E-state index is 13.6. The molecule has 1 saturated carbocycles. The van der Waals surface area contributed by atoms with Gasteiger partial charge in [0.15, 0.2) is 8.03 Å². The van der Waals surface area contributed by atoms with Crippen LogP contribution >= 0.6 is 8.03 Å². The highest BCUT2D eigenvalue weighted by Crippen LogP contribution is 2.44. The Morgan fingerprint density at radius 2 is 1.58 bits per heavy atom. The highest BCUT2D eigenvalue weighted by molar-refractivity contribution is 7.40. The van der Waals surface area contributed by atoms with Crippen LogP contribution in [0.15, 0.2) is 78.9 Å². The molecule has 45 heavy (non-hydrogen) atoms. The predicted molar refractivity (Wildman–Crippen MR) is 180 cm³/mol. The second-order valence-electron chi connectivity index (χ2n) is 11.9. The van der Waals surface area contributed by atoms with Crippen LogP contribution in [-0.4, -0.2) is 35.4 Å². The highest BCUT2D eigenvalue weighted by atomic mass is 31.1. The van der Waals surface area contributed by atoms with Crippen molar-refractivity contribution in [2.75, 3.05) is 16.8 Å². The largest absolute Gasteiger partial charge is 0.444 e. The molecule has 2 N–H and O–H groups in total. The van der Waals surface area contributed by atoms with E-state index in [1.165, 1.54) is 0 Å². The van der Waals surface area contributed by atoms with Crippen LogP contribution in [0.5, 0.6) is 0 Å². The topological polar surface area (TPSA) is 105 Å². The van der Waals surface area contributed by atoms with Crippen molar-refractivity contribution in [2.45, 2.75) is 90.2 Å². The van der Waals surface area contributed by atoms with Crippen LogP contribution in [0, 0.1) is 12.8 Å². The van der Waals surface area contributed by atoms with E-state index in [0.717, 1.165) is 48.8 Å². The van der Waals surface area contributed by atoms with Gasteiger partial charge in [0.05, 0.1) is 30.6 Å². The molecular weight excluding hydrogens is 587 g/mol. The van der Waals surface area contributed by atoms with E-state index in [4.69, 9.17) is 9.26 Å². The summed E-state index contributed by atoms with van der Waals surface area (Å²) in [5.74, 6) is 0.0380. The summed E-state index contributed by atoms with van der Waals surface area (Å²) in [5, 5.41) is 14.3. The third-order valence-electron chi connectivity index (χ3n) is 8.41. The quantitative estimate of drug-likeness (QED) is 0.163. The zero-order chi connectivity index (χ0) is 32.0. The molecule has 0 heterocycles. The first kappa shape index (κ1) is 34.4. The zero-order valence-electron chi connectivity index (χ0n) is 26.5. The van der Waals surface area contributed by atoms with Crippen molar-refractivity contribution in [3.05, 3.63) is 95.6 Å². The van der Waals surface area contributed by atoms with Crippen LogP contribution in [0.25, 0.3) is 0 Å². The number of carbonyl (C=O) groups excluding carboxylic acids is 2. The SMILES string of the molecule is CCCC(=O)N(CC(O)CC(C1CCCCC1)[PH](=O)OCc1ccccc1)c1cccc(C)c1NC(=O)OCc1ccccc1. The Hall–Kier alpha value is -3.45. The molecule has 1 fully saturated rings. The number of nitrogens with zero attached hydrogens (tertiary/aromatic N) is 1. The van der Waals surface area contributed by atoms with Gasteiger partial charge in [0.25, 0.3) is 0 Å². The van der Waals surface area contributed by atoms with E-state index >= 15 is 0 Å². The van der Waals surface area contributed by atoms with Crippen LogP contribution in [-0.2, 0) is 31.8 Å². The number of aliphatic hydroxyl groups is 1. The Labute approximate surface area is 268 Å².